The molecular weight excluding hydrogens is 282 g/mol. The van der Waals surface area contributed by atoms with Gasteiger partial charge in [0.2, 0.25) is 5.91 Å². The number of nitrogens with one attached hydrogen (secondary N) is 1. The number of benzene rings is 1. The van der Waals surface area contributed by atoms with Crippen molar-refractivity contribution in [1.29, 1.82) is 0 Å². The summed E-state index contributed by atoms with van der Waals surface area (Å²) in [4.78, 5) is 23.6. The van der Waals surface area contributed by atoms with Crippen molar-refractivity contribution >= 4 is 18.0 Å². The fourth-order valence-corrected chi connectivity index (χ4v) is 1.96. The summed E-state index contributed by atoms with van der Waals surface area (Å²) in [6.45, 7) is 3.96. The van der Waals surface area contributed by atoms with Gasteiger partial charge in [-0.25, -0.2) is 4.79 Å². The quantitative estimate of drug-likeness (QED) is 0.620. The average molecular weight is 305 g/mol. The molecule has 1 aromatic rings. The maximum absolute atomic E-state index is 11.9. The topological polar surface area (TPSA) is 64.6 Å². The lowest BCUT2D eigenvalue weighted by Crippen LogP contribution is -2.41. The number of hydrogen-bond acceptors (Lipinski definition) is 4. The number of carbonyl (C=O) groups excluding carboxylic acids is 2. The van der Waals surface area contributed by atoms with Gasteiger partial charge in [0.05, 0.1) is 14.2 Å². The monoisotopic (exact) mass is 305 g/mol. The van der Waals surface area contributed by atoms with Crippen LogP contribution in [0.2, 0.25) is 0 Å². The summed E-state index contributed by atoms with van der Waals surface area (Å²) < 4.78 is 9.83. The fraction of sp³-hybridized carbons (Fsp3) is 0.412. The minimum absolute atomic E-state index is 0.270. The number of esters is 1. The molecule has 5 nitrogen and oxygen atoms in total. The van der Waals surface area contributed by atoms with E-state index in [1.807, 2.05) is 38.1 Å². The lowest BCUT2D eigenvalue weighted by atomic mass is 10.0. The Morgan fingerprint density at radius 3 is 2.59 bits per heavy atom. The van der Waals surface area contributed by atoms with Gasteiger partial charge >= 0.3 is 5.97 Å². The van der Waals surface area contributed by atoms with E-state index in [0.29, 0.717) is 6.42 Å². The first kappa shape index (κ1) is 17.8. The molecule has 0 radical (unpaired) electrons. The van der Waals surface area contributed by atoms with Crippen LogP contribution in [0.25, 0.3) is 6.08 Å². The zero-order valence-electron chi connectivity index (χ0n) is 13.5. The molecule has 0 aliphatic heterocycles. The smallest absolute Gasteiger partial charge is 0.328 e. The van der Waals surface area contributed by atoms with Gasteiger partial charge in [-0.2, -0.15) is 0 Å². The normalized spacial score (nSPS) is 12.2. The van der Waals surface area contributed by atoms with Crippen molar-refractivity contribution in [2.45, 2.75) is 26.3 Å². The van der Waals surface area contributed by atoms with Crippen molar-refractivity contribution in [3.8, 4) is 5.75 Å². The molecule has 22 heavy (non-hydrogen) atoms. The van der Waals surface area contributed by atoms with Crippen molar-refractivity contribution in [2.75, 3.05) is 14.2 Å². The van der Waals surface area contributed by atoms with Gasteiger partial charge in [-0.15, -0.1) is 0 Å². The highest BCUT2D eigenvalue weighted by Crippen LogP contribution is 2.13. The van der Waals surface area contributed by atoms with E-state index in [0.717, 1.165) is 11.3 Å². The largest absolute Gasteiger partial charge is 0.497 e. The summed E-state index contributed by atoms with van der Waals surface area (Å²) in [5.41, 5.74) is 0.841. The highest BCUT2D eigenvalue weighted by molar-refractivity contribution is 5.94. The molecule has 1 rings (SSSR count). The number of hydrogen-bond donors (Lipinski definition) is 1. The van der Waals surface area contributed by atoms with Crippen LogP contribution in [0.5, 0.6) is 5.75 Å². The number of amides is 1. The molecule has 1 aromatic carbocycles. The number of rotatable bonds is 7. The van der Waals surface area contributed by atoms with Gasteiger partial charge in [0.1, 0.15) is 11.8 Å². The summed E-state index contributed by atoms with van der Waals surface area (Å²) in [6, 6.07) is 6.71. The summed E-state index contributed by atoms with van der Waals surface area (Å²) in [6.07, 6.45) is 3.60. The Morgan fingerprint density at radius 2 is 2.00 bits per heavy atom. The number of ether oxygens (including phenoxy) is 2. The predicted molar refractivity (Wildman–Crippen MR) is 85.4 cm³/mol. The minimum Gasteiger partial charge on any atom is -0.497 e. The Hall–Kier alpha value is -2.30. The van der Waals surface area contributed by atoms with Crippen molar-refractivity contribution in [2.24, 2.45) is 5.92 Å². The molecule has 0 aliphatic rings. The van der Waals surface area contributed by atoms with E-state index < -0.39 is 12.0 Å². The maximum Gasteiger partial charge on any atom is 0.328 e. The molecule has 0 saturated heterocycles. The average Bonchev–Trinajstić information content (AvgIpc) is 2.51. The lowest BCUT2D eigenvalue weighted by molar-refractivity contribution is -0.145. The second kappa shape index (κ2) is 8.87. The molecule has 1 unspecified atom stereocenters. The first-order valence-electron chi connectivity index (χ1n) is 7.16. The van der Waals surface area contributed by atoms with Gasteiger partial charge in [-0.05, 0) is 36.1 Å². The van der Waals surface area contributed by atoms with Gasteiger partial charge < -0.3 is 14.8 Å². The van der Waals surface area contributed by atoms with Crippen LogP contribution in [0.4, 0.5) is 0 Å². The van der Waals surface area contributed by atoms with Gasteiger partial charge in [0.15, 0.2) is 0 Å². The second-order valence-electron chi connectivity index (χ2n) is 5.32. The molecule has 1 atom stereocenters. The molecule has 0 aromatic heterocycles. The van der Waals surface area contributed by atoms with Crippen molar-refractivity contribution in [1.82, 2.24) is 5.32 Å². The SMILES string of the molecule is COC(=O)C(CC(C)C)NC(=O)/C=C/c1cccc(OC)c1. The molecule has 0 saturated carbocycles. The Bertz CT molecular complexity index is 537. The van der Waals surface area contributed by atoms with E-state index in [4.69, 9.17) is 9.47 Å². The molecule has 5 heteroatoms. The van der Waals surface area contributed by atoms with E-state index in [1.165, 1.54) is 13.2 Å². The minimum atomic E-state index is -0.632. The highest BCUT2D eigenvalue weighted by atomic mass is 16.5. The zero-order chi connectivity index (χ0) is 16.5. The highest BCUT2D eigenvalue weighted by Gasteiger charge is 2.21. The van der Waals surface area contributed by atoms with Crippen LogP contribution in [0, 0.1) is 5.92 Å². The third kappa shape index (κ3) is 5.99. The summed E-state index contributed by atoms with van der Waals surface area (Å²) in [7, 11) is 2.90. The zero-order valence-corrected chi connectivity index (χ0v) is 13.5. The van der Waals surface area contributed by atoms with Crippen LogP contribution in [-0.4, -0.2) is 32.1 Å². The summed E-state index contributed by atoms with van der Waals surface area (Å²) in [5, 5.41) is 2.67. The van der Waals surface area contributed by atoms with Crippen LogP contribution in [0.15, 0.2) is 30.3 Å². The Morgan fingerprint density at radius 1 is 1.27 bits per heavy atom. The van der Waals surface area contributed by atoms with Gasteiger partial charge in [-0.1, -0.05) is 26.0 Å². The maximum atomic E-state index is 11.9. The van der Waals surface area contributed by atoms with Crippen LogP contribution in [0.1, 0.15) is 25.8 Å². The third-order valence-corrected chi connectivity index (χ3v) is 3.03. The van der Waals surface area contributed by atoms with E-state index in [9.17, 15) is 9.59 Å². The third-order valence-electron chi connectivity index (χ3n) is 3.03. The second-order valence-corrected chi connectivity index (χ2v) is 5.32. The molecule has 120 valence electrons. The Balaban J connectivity index is 2.69. The first-order chi connectivity index (χ1) is 10.5. The summed E-state index contributed by atoms with van der Waals surface area (Å²) in [5.74, 6) is 0.220. The van der Waals surface area contributed by atoms with Gasteiger partial charge in [0, 0.05) is 6.08 Å². The fourth-order valence-electron chi connectivity index (χ4n) is 1.96. The Labute approximate surface area is 131 Å². The van der Waals surface area contributed by atoms with Crippen LogP contribution < -0.4 is 10.1 Å². The van der Waals surface area contributed by atoms with E-state index in [-0.39, 0.29) is 11.8 Å². The van der Waals surface area contributed by atoms with Crippen molar-refractivity contribution < 1.29 is 19.1 Å². The molecule has 0 spiro atoms. The van der Waals surface area contributed by atoms with Crippen LogP contribution in [0.3, 0.4) is 0 Å². The molecule has 1 amide bonds. The van der Waals surface area contributed by atoms with Crippen LogP contribution in [-0.2, 0) is 14.3 Å². The van der Waals surface area contributed by atoms with E-state index >= 15 is 0 Å². The molecule has 0 fully saturated rings. The van der Waals surface area contributed by atoms with Gasteiger partial charge in [0.25, 0.3) is 0 Å². The van der Waals surface area contributed by atoms with Crippen LogP contribution >= 0.6 is 0 Å². The Kier molecular flexibility index (Phi) is 7.16. The molecule has 0 aliphatic carbocycles. The van der Waals surface area contributed by atoms with Crippen molar-refractivity contribution in [3.05, 3.63) is 35.9 Å². The number of carbonyl (C=O) groups is 2. The predicted octanol–water partition coefficient (Wildman–Crippen LogP) is 2.41. The standard InChI is InChI=1S/C17H23NO4/c1-12(2)10-15(17(20)22-4)18-16(19)9-8-13-6-5-7-14(11-13)21-3/h5-9,11-12,15H,10H2,1-4H3,(H,18,19)/b9-8+. The summed E-state index contributed by atoms with van der Waals surface area (Å²) >= 11 is 0. The molecule has 0 bridgehead atoms. The number of methoxy groups -OCH3 is 2. The molecule has 0 heterocycles. The van der Waals surface area contributed by atoms with E-state index in [2.05, 4.69) is 5.32 Å². The van der Waals surface area contributed by atoms with Gasteiger partial charge in [-0.3, -0.25) is 4.79 Å². The first-order valence-corrected chi connectivity index (χ1v) is 7.16. The lowest BCUT2D eigenvalue weighted by Gasteiger charge is -2.17. The van der Waals surface area contributed by atoms with E-state index in [1.54, 1.807) is 13.2 Å². The molecular formula is C17H23NO4. The van der Waals surface area contributed by atoms with Crippen molar-refractivity contribution in [3.63, 3.8) is 0 Å². The molecule has 1 N–H and O–H groups in total.